The number of fused-ring (bicyclic) bond motifs is 5. The SMILES string of the molecule is CC(=O)c1ccc(N2C(=O)C3C(C2=O)C2c4ccccc4C=CN2C3C(=O)c2ccc([N+](=O)[O-])cc2)cc1. The highest BCUT2D eigenvalue weighted by Crippen LogP contribution is 2.53. The molecule has 0 aliphatic carbocycles. The molecule has 38 heavy (non-hydrogen) atoms. The predicted molar refractivity (Wildman–Crippen MR) is 137 cm³/mol. The average Bonchev–Trinajstić information content (AvgIpc) is 3.40. The summed E-state index contributed by atoms with van der Waals surface area (Å²) in [6.45, 7) is 1.43. The maximum Gasteiger partial charge on any atom is 0.269 e. The molecule has 188 valence electrons. The molecule has 4 unspecified atom stereocenters. The average molecular weight is 508 g/mol. The number of non-ortho nitro benzene ring substituents is 1. The van der Waals surface area contributed by atoms with Gasteiger partial charge in [0.2, 0.25) is 11.8 Å². The molecule has 9 nitrogen and oxygen atoms in total. The van der Waals surface area contributed by atoms with Crippen LogP contribution in [0, 0.1) is 22.0 Å². The number of ketones is 2. The number of amides is 2. The van der Waals surface area contributed by atoms with Gasteiger partial charge in [0, 0.05) is 29.5 Å². The number of Topliss-reactive ketones (excluding diaryl/α,β-unsaturated/α-hetero) is 2. The number of hydrogen-bond acceptors (Lipinski definition) is 7. The summed E-state index contributed by atoms with van der Waals surface area (Å²) in [5.41, 5.74) is 2.61. The van der Waals surface area contributed by atoms with Gasteiger partial charge in [0.25, 0.3) is 5.69 Å². The van der Waals surface area contributed by atoms with E-state index in [4.69, 9.17) is 0 Å². The molecule has 4 atom stereocenters. The third-order valence-electron chi connectivity index (χ3n) is 7.62. The molecule has 0 bridgehead atoms. The molecule has 3 aromatic carbocycles. The fourth-order valence-electron chi connectivity index (χ4n) is 5.87. The summed E-state index contributed by atoms with van der Waals surface area (Å²) in [7, 11) is 0. The normalized spacial score (nSPS) is 23.2. The summed E-state index contributed by atoms with van der Waals surface area (Å²) in [6.07, 6.45) is 3.61. The Hall–Kier alpha value is -4.92. The lowest BCUT2D eigenvalue weighted by Gasteiger charge is -2.35. The van der Waals surface area contributed by atoms with Crippen LogP contribution in [0.2, 0.25) is 0 Å². The Balaban J connectivity index is 1.45. The Kier molecular flexibility index (Phi) is 5.30. The van der Waals surface area contributed by atoms with Crippen molar-refractivity contribution in [2.45, 2.75) is 19.0 Å². The first-order valence-corrected chi connectivity index (χ1v) is 12.1. The number of benzene rings is 3. The topological polar surface area (TPSA) is 118 Å². The van der Waals surface area contributed by atoms with Crippen molar-refractivity contribution >= 4 is 40.8 Å². The summed E-state index contributed by atoms with van der Waals surface area (Å²) < 4.78 is 0. The van der Waals surface area contributed by atoms with Gasteiger partial charge in [0.15, 0.2) is 11.6 Å². The summed E-state index contributed by atoms with van der Waals surface area (Å²) in [6, 6.07) is 17.6. The first kappa shape index (κ1) is 23.5. The zero-order chi connectivity index (χ0) is 26.7. The Morgan fingerprint density at radius 1 is 0.842 bits per heavy atom. The van der Waals surface area contributed by atoms with Gasteiger partial charge < -0.3 is 4.90 Å². The number of imide groups is 1. The molecule has 2 fully saturated rings. The number of anilines is 1. The van der Waals surface area contributed by atoms with E-state index in [2.05, 4.69) is 0 Å². The van der Waals surface area contributed by atoms with Gasteiger partial charge in [-0.25, -0.2) is 4.90 Å². The minimum atomic E-state index is -0.978. The molecular weight excluding hydrogens is 486 g/mol. The minimum Gasteiger partial charge on any atom is -0.358 e. The number of nitro groups is 1. The third kappa shape index (κ3) is 3.39. The van der Waals surface area contributed by atoms with E-state index in [1.807, 2.05) is 30.3 Å². The number of rotatable bonds is 5. The van der Waals surface area contributed by atoms with E-state index in [0.29, 0.717) is 11.3 Å². The maximum atomic E-state index is 13.9. The van der Waals surface area contributed by atoms with Crippen LogP contribution in [0.1, 0.15) is 44.8 Å². The van der Waals surface area contributed by atoms with E-state index in [9.17, 15) is 29.3 Å². The molecule has 6 rings (SSSR count). The van der Waals surface area contributed by atoms with Gasteiger partial charge in [-0.2, -0.15) is 0 Å². The largest absolute Gasteiger partial charge is 0.358 e. The standard InChI is InChI=1S/C29H21N3O6/c1-16(33)17-6-10-20(11-7-17)31-28(35)23-24(29(31)36)26(27(34)19-8-12-21(13-9-19)32(37)38)30-15-14-18-4-2-3-5-22(18)25(23)30/h2-15,23-26H,1H3. The Morgan fingerprint density at radius 3 is 2.13 bits per heavy atom. The fraction of sp³-hybridized carbons (Fsp3) is 0.172. The summed E-state index contributed by atoms with van der Waals surface area (Å²) in [5, 5.41) is 11.1. The van der Waals surface area contributed by atoms with E-state index in [-0.39, 0.29) is 17.0 Å². The van der Waals surface area contributed by atoms with Crippen LogP contribution in [0.25, 0.3) is 6.08 Å². The lowest BCUT2D eigenvalue weighted by atomic mass is 9.83. The zero-order valence-corrected chi connectivity index (χ0v) is 20.2. The van der Waals surface area contributed by atoms with Crippen molar-refractivity contribution in [3.8, 4) is 0 Å². The smallest absolute Gasteiger partial charge is 0.269 e. The van der Waals surface area contributed by atoms with Crippen molar-refractivity contribution in [2.75, 3.05) is 4.90 Å². The lowest BCUT2D eigenvalue weighted by Crippen LogP contribution is -2.44. The van der Waals surface area contributed by atoms with Gasteiger partial charge in [0.05, 0.1) is 28.5 Å². The Labute approximate surface area is 217 Å². The highest BCUT2D eigenvalue weighted by molar-refractivity contribution is 6.24. The highest BCUT2D eigenvalue weighted by Gasteiger charge is 2.64. The molecule has 0 aromatic heterocycles. The summed E-state index contributed by atoms with van der Waals surface area (Å²) in [4.78, 5) is 66.9. The molecule has 0 N–H and O–H groups in total. The van der Waals surface area contributed by atoms with Gasteiger partial charge in [-0.05, 0) is 60.5 Å². The van der Waals surface area contributed by atoms with Crippen LogP contribution < -0.4 is 4.90 Å². The second kappa shape index (κ2) is 8.58. The highest BCUT2D eigenvalue weighted by atomic mass is 16.6. The predicted octanol–water partition coefficient (Wildman–Crippen LogP) is 4.20. The quantitative estimate of drug-likeness (QED) is 0.220. The van der Waals surface area contributed by atoms with Crippen molar-refractivity contribution in [1.82, 2.24) is 4.90 Å². The molecule has 0 saturated carbocycles. The van der Waals surface area contributed by atoms with Crippen molar-refractivity contribution < 1.29 is 24.1 Å². The molecular formula is C29H21N3O6. The number of nitrogens with zero attached hydrogens (tertiary/aromatic N) is 3. The van der Waals surface area contributed by atoms with E-state index >= 15 is 0 Å². The first-order valence-electron chi connectivity index (χ1n) is 12.1. The number of hydrogen-bond donors (Lipinski definition) is 0. The zero-order valence-electron chi connectivity index (χ0n) is 20.2. The van der Waals surface area contributed by atoms with Gasteiger partial charge >= 0.3 is 0 Å². The second-order valence-corrected chi connectivity index (χ2v) is 9.62. The lowest BCUT2D eigenvalue weighted by molar-refractivity contribution is -0.384. The van der Waals surface area contributed by atoms with Crippen molar-refractivity contribution in [3.63, 3.8) is 0 Å². The van der Waals surface area contributed by atoms with Crippen LogP contribution in [-0.4, -0.2) is 39.2 Å². The van der Waals surface area contributed by atoms with Crippen LogP contribution in [0.3, 0.4) is 0 Å². The van der Waals surface area contributed by atoms with E-state index in [1.165, 1.54) is 31.2 Å². The van der Waals surface area contributed by atoms with Crippen LogP contribution >= 0.6 is 0 Å². The van der Waals surface area contributed by atoms with Crippen molar-refractivity contribution in [3.05, 3.63) is 111 Å². The van der Waals surface area contributed by atoms with Crippen LogP contribution in [0.5, 0.6) is 0 Å². The monoisotopic (exact) mass is 507 g/mol. The maximum absolute atomic E-state index is 13.9. The van der Waals surface area contributed by atoms with Gasteiger partial charge in [-0.15, -0.1) is 0 Å². The first-order chi connectivity index (χ1) is 18.3. The molecule has 9 heteroatoms. The molecule has 0 spiro atoms. The Morgan fingerprint density at radius 2 is 1.47 bits per heavy atom. The van der Waals surface area contributed by atoms with Crippen molar-refractivity contribution in [2.24, 2.45) is 11.8 Å². The van der Waals surface area contributed by atoms with Gasteiger partial charge in [-0.3, -0.25) is 29.3 Å². The van der Waals surface area contributed by atoms with E-state index in [0.717, 1.165) is 16.0 Å². The van der Waals surface area contributed by atoms with Crippen molar-refractivity contribution in [1.29, 1.82) is 0 Å². The Bertz CT molecular complexity index is 1560. The molecule has 3 aliphatic rings. The van der Waals surface area contributed by atoms with Gasteiger partial charge in [0.1, 0.15) is 6.04 Å². The van der Waals surface area contributed by atoms with Gasteiger partial charge in [-0.1, -0.05) is 24.3 Å². The minimum absolute atomic E-state index is 0.137. The number of carbonyl (C=O) groups excluding carboxylic acids is 4. The summed E-state index contributed by atoms with van der Waals surface area (Å²) in [5.74, 6) is -3.20. The molecule has 3 aromatic rings. The van der Waals surface area contributed by atoms with E-state index < -0.39 is 46.4 Å². The molecule has 3 heterocycles. The molecule has 2 amide bonds. The number of nitro benzene ring substituents is 1. The molecule has 2 saturated heterocycles. The second-order valence-electron chi connectivity index (χ2n) is 9.62. The van der Waals surface area contributed by atoms with E-state index in [1.54, 1.807) is 35.4 Å². The summed E-state index contributed by atoms with van der Waals surface area (Å²) >= 11 is 0. The third-order valence-corrected chi connectivity index (χ3v) is 7.62. The van der Waals surface area contributed by atoms with Crippen LogP contribution in [0.15, 0.2) is 79.0 Å². The number of carbonyl (C=O) groups is 4. The molecule has 0 radical (unpaired) electrons. The van der Waals surface area contributed by atoms with Crippen LogP contribution in [0.4, 0.5) is 11.4 Å². The fourth-order valence-corrected chi connectivity index (χ4v) is 5.87. The van der Waals surface area contributed by atoms with Crippen LogP contribution in [-0.2, 0) is 9.59 Å². The molecule has 3 aliphatic heterocycles.